The Morgan fingerprint density at radius 2 is 2.25 bits per heavy atom. The molecule has 1 aliphatic rings. The molecule has 0 aromatic carbocycles. The van der Waals surface area contributed by atoms with E-state index in [4.69, 9.17) is 10.5 Å². The zero-order valence-electron chi connectivity index (χ0n) is 8.05. The van der Waals surface area contributed by atoms with Crippen LogP contribution in [0.5, 0.6) is 0 Å². The summed E-state index contributed by atoms with van der Waals surface area (Å²) < 4.78 is 5.36. The third-order valence-corrected chi connectivity index (χ3v) is 2.45. The van der Waals surface area contributed by atoms with Gasteiger partial charge in [-0.25, -0.2) is 0 Å². The predicted molar refractivity (Wildman–Crippen MR) is 50.1 cm³/mol. The van der Waals surface area contributed by atoms with E-state index in [0.717, 1.165) is 13.2 Å². The van der Waals surface area contributed by atoms with Gasteiger partial charge in [0.05, 0.1) is 6.61 Å². The van der Waals surface area contributed by atoms with Crippen LogP contribution in [0.25, 0.3) is 0 Å². The Morgan fingerprint density at radius 3 is 2.75 bits per heavy atom. The Morgan fingerprint density at radius 1 is 1.50 bits per heavy atom. The van der Waals surface area contributed by atoms with Gasteiger partial charge in [-0.2, -0.15) is 0 Å². The summed E-state index contributed by atoms with van der Waals surface area (Å²) in [6, 6.07) is 1.11. The van der Waals surface area contributed by atoms with E-state index in [1.807, 2.05) is 6.92 Å². The molecular formula is C9H20N2O. The summed E-state index contributed by atoms with van der Waals surface area (Å²) in [5.74, 6) is 0. The van der Waals surface area contributed by atoms with Crippen molar-refractivity contribution in [1.82, 2.24) is 5.32 Å². The summed E-state index contributed by atoms with van der Waals surface area (Å²) in [7, 11) is 0. The normalized spacial score (nSPS) is 29.8. The van der Waals surface area contributed by atoms with Gasteiger partial charge in [-0.1, -0.05) is 0 Å². The van der Waals surface area contributed by atoms with Crippen LogP contribution in [0.4, 0.5) is 0 Å². The molecule has 12 heavy (non-hydrogen) atoms. The molecule has 3 unspecified atom stereocenters. The number of hydrogen-bond donors (Lipinski definition) is 2. The fourth-order valence-electron chi connectivity index (χ4n) is 1.40. The largest absolute Gasteiger partial charge is 0.380 e. The molecule has 0 saturated carbocycles. The maximum Gasteiger partial charge on any atom is 0.0619 e. The van der Waals surface area contributed by atoms with Crippen molar-refractivity contribution in [1.29, 1.82) is 0 Å². The Labute approximate surface area is 74.7 Å². The molecular weight excluding hydrogens is 152 g/mol. The lowest BCUT2D eigenvalue weighted by molar-refractivity contribution is 0.0662. The molecule has 1 fully saturated rings. The lowest BCUT2D eigenvalue weighted by Gasteiger charge is -2.28. The van der Waals surface area contributed by atoms with Gasteiger partial charge >= 0.3 is 0 Å². The molecule has 0 aliphatic carbocycles. The Kier molecular flexibility index (Phi) is 3.98. The van der Waals surface area contributed by atoms with Crippen molar-refractivity contribution in [2.24, 2.45) is 5.73 Å². The van der Waals surface area contributed by atoms with E-state index in [1.54, 1.807) is 0 Å². The second-order valence-electron chi connectivity index (χ2n) is 3.73. The van der Waals surface area contributed by atoms with E-state index < -0.39 is 0 Å². The molecule has 1 saturated heterocycles. The van der Waals surface area contributed by atoms with E-state index in [0.29, 0.717) is 12.1 Å². The monoisotopic (exact) mass is 172 g/mol. The molecule has 0 radical (unpaired) electrons. The number of nitrogens with one attached hydrogen (secondary N) is 1. The van der Waals surface area contributed by atoms with Gasteiger partial charge in [-0.3, -0.25) is 0 Å². The Bertz CT molecular complexity index is 122. The van der Waals surface area contributed by atoms with Crippen LogP contribution in [0.1, 0.15) is 26.7 Å². The van der Waals surface area contributed by atoms with Crippen LogP contribution in [0.2, 0.25) is 0 Å². The highest BCUT2D eigenvalue weighted by atomic mass is 16.5. The molecule has 3 atom stereocenters. The summed E-state index contributed by atoms with van der Waals surface area (Å²) >= 11 is 0. The van der Waals surface area contributed by atoms with Crippen LogP contribution in [0.3, 0.4) is 0 Å². The van der Waals surface area contributed by atoms with Crippen molar-refractivity contribution in [3.05, 3.63) is 0 Å². The van der Waals surface area contributed by atoms with Crippen LogP contribution in [0, 0.1) is 0 Å². The SMILES string of the molecule is CC(N)C(C)NC1CCCOC1. The van der Waals surface area contributed by atoms with Crippen molar-refractivity contribution in [3.8, 4) is 0 Å². The average Bonchev–Trinajstić information content (AvgIpc) is 2.06. The number of hydrogen-bond acceptors (Lipinski definition) is 3. The predicted octanol–water partition coefficient (Wildman–Crippen LogP) is 0.491. The van der Waals surface area contributed by atoms with Gasteiger partial charge in [0.1, 0.15) is 0 Å². The van der Waals surface area contributed by atoms with Gasteiger partial charge < -0.3 is 15.8 Å². The molecule has 72 valence electrons. The fourth-order valence-corrected chi connectivity index (χ4v) is 1.40. The first kappa shape index (κ1) is 9.96. The molecule has 3 heteroatoms. The fraction of sp³-hybridized carbons (Fsp3) is 1.00. The number of nitrogens with two attached hydrogens (primary N) is 1. The summed E-state index contributed by atoms with van der Waals surface area (Å²) in [6.45, 7) is 5.92. The second kappa shape index (κ2) is 4.80. The highest BCUT2D eigenvalue weighted by molar-refractivity contribution is 4.78. The standard InChI is InChI=1S/C9H20N2O/c1-7(10)8(2)11-9-4-3-5-12-6-9/h7-9,11H,3-6,10H2,1-2H3. The van der Waals surface area contributed by atoms with E-state index in [1.165, 1.54) is 12.8 Å². The lowest BCUT2D eigenvalue weighted by atomic mass is 10.1. The smallest absolute Gasteiger partial charge is 0.0619 e. The molecule has 1 rings (SSSR count). The van der Waals surface area contributed by atoms with Gasteiger partial charge in [0, 0.05) is 24.7 Å². The second-order valence-corrected chi connectivity index (χ2v) is 3.73. The molecule has 0 bridgehead atoms. The Balaban J connectivity index is 2.20. The summed E-state index contributed by atoms with van der Waals surface area (Å²) in [5.41, 5.74) is 5.75. The molecule has 3 N–H and O–H groups in total. The summed E-state index contributed by atoms with van der Waals surface area (Å²) in [6.07, 6.45) is 2.39. The zero-order valence-corrected chi connectivity index (χ0v) is 8.05. The van der Waals surface area contributed by atoms with Crippen molar-refractivity contribution in [2.45, 2.75) is 44.8 Å². The van der Waals surface area contributed by atoms with E-state index >= 15 is 0 Å². The highest BCUT2D eigenvalue weighted by Crippen LogP contribution is 2.06. The average molecular weight is 172 g/mol. The van der Waals surface area contributed by atoms with Crippen molar-refractivity contribution in [3.63, 3.8) is 0 Å². The first-order chi connectivity index (χ1) is 5.70. The van der Waals surface area contributed by atoms with Crippen LogP contribution in [-0.4, -0.2) is 31.3 Å². The molecule has 0 spiro atoms. The number of ether oxygens (including phenoxy) is 1. The van der Waals surface area contributed by atoms with Crippen molar-refractivity contribution >= 4 is 0 Å². The first-order valence-corrected chi connectivity index (χ1v) is 4.79. The molecule has 0 aromatic heterocycles. The summed E-state index contributed by atoms with van der Waals surface area (Å²) in [5, 5.41) is 3.47. The third kappa shape index (κ3) is 3.09. The van der Waals surface area contributed by atoms with Gasteiger partial charge in [0.2, 0.25) is 0 Å². The van der Waals surface area contributed by atoms with E-state index in [9.17, 15) is 0 Å². The van der Waals surface area contributed by atoms with Crippen molar-refractivity contribution < 1.29 is 4.74 Å². The van der Waals surface area contributed by atoms with Gasteiger partial charge in [-0.15, -0.1) is 0 Å². The highest BCUT2D eigenvalue weighted by Gasteiger charge is 2.17. The van der Waals surface area contributed by atoms with Crippen LogP contribution in [0.15, 0.2) is 0 Å². The van der Waals surface area contributed by atoms with Crippen molar-refractivity contribution in [2.75, 3.05) is 13.2 Å². The van der Waals surface area contributed by atoms with E-state index in [2.05, 4.69) is 12.2 Å². The van der Waals surface area contributed by atoms with Crippen LogP contribution >= 0.6 is 0 Å². The topological polar surface area (TPSA) is 47.3 Å². The Hall–Kier alpha value is -0.120. The third-order valence-electron chi connectivity index (χ3n) is 2.45. The van der Waals surface area contributed by atoms with E-state index in [-0.39, 0.29) is 6.04 Å². The van der Waals surface area contributed by atoms with Crippen LogP contribution < -0.4 is 11.1 Å². The molecule has 0 amide bonds. The van der Waals surface area contributed by atoms with Gasteiger partial charge in [-0.05, 0) is 26.7 Å². The first-order valence-electron chi connectivity index (χ1n) is 4.79. The minimum absolute atomic E-state index is 0.215. The zero-order chi connectivity index (χ0) is 8.97. The minimum atomic E-state index is 0.215. The molecule has 0 aromatic rings. The summed E-state index contributed by atoms with van der Waals surface area (Å²) in [4.78, 5) is 0. The quantitative estimate of drug-likeness (QED) is 0.651. The molecule has 1 heterocycles. The lowest BCUT2D eigenvalue weighted by Crippen LogP contribution is -2.48. The van der Waals surface area contributed by atoms with Crippen LogP contribution in [-0.2, 0) is 4.74 Å². The van der Waals surface area contributed by atoms with Gasteiger partial charge in [0.25, 0.3) is 0 Å². The van der Waals surface area contributed by atoms with Gasteiger partial charge in [0.15, 0.2) is 0 Å². The minimum Gasteiger partial charge on any atom is -0.380 e. The molecule has 1 aliphatic heterocycles. The maximum atomic E-state index is 5.75. The molecule has 3 nitrogen and oxygen atoms in total. The number of rotatable bonds is 3. The maximum absolute atomic E-state index is 5.75.